The number of nitrogens with zero attached hydrogens (tertiary/aromatic N) is 1. The summed E-state index contributed by atoms with van der Waals surface area (Å²) in [5, 5.41) is 0.805. The van der Waals surface area contributed by atoms with E-state index in [1.165, 1.54) is 11.9 Å². The average Bonchev–Trinajstić information content (AvgIpc) is 2.95. The normalized spacial score (nSPS) is 10.3. The second-order valence-corrected chi connectivity index (χ2v) is 4.86. The van der Waals surface area contributed by atoms with Crippen molar-refractivity contribution in [2.24, 2.45) is 0 Å². The molecular weight excluding hydrogens is 284 g/mol. The smallest absolute Gasteiger partial charge is 0.257 e. The SMILES string of the molecule is CCC(=O)NNC(=O)CN(C)C(=O)c1c[nH]c2ccccc12. The van der Waals surface area contributed by atoms with Gasteiger partial charge in [-0.15, -0.1) is 0 Å². The molecule has 0 aliphatic carbocycles. The highest BCUT2D eigenvalue weighted by Gasteiger charge is 2.18. The summed E-state index contributed by atoms with van der Waals surface area (Å²) in [5.74, 6) is -1.02. The van der Waals surface area contributed by atoms with Crippen LogP contribution in [0.2, 0.25) is 0 Å². The number of benzene rings is 1. The Kier molecular flexibility index (Phi) is 4.77. The van der Waals surface area contributed by atoms with Crippen molar-refractivity contribution in [2.75, 3.05) is 13.6 Å². The second-order valence-electron chi connectivity index (χ2n) is 4.86. The molecule has 0 unspecified atom stereocenters. The van der Waals surface area contributed by atoms with Crippen LogP contribution in [0.4, 0.5) is 0 Å². The first kappa shape index (κ1) is 15.6. The van der Waals surface area contributed by atoms with Crippen molar-refractivity contribution < 1.29 is 14.4 Å². The molecule has 1 aromatic carbocycles. The standard InChI is InChI=1S/C15H18N4O3/c1-3-13(20)17-18-14(21)9-19(2)15(22)11-8-16-12-7-5-4-6-10(11)12/h4-8,16H,3,9H2,1-2H3,(H,17,20)(H,18,21). The van der Waals surface area contributed by atoms with Crippen LogP contribution < -0.4 is 10.9 Å². The molecule has 3 N–H and O–H groups in total. The van der Waals surface area contributed by atoms with Crippen molar-refractivity contribution in [3.8, 4) is 0 Å². The molecule has 0 radical (unpaired) electrons. The van der Waals surface area contributed by atoms with Crippen LogP contribution in [0.15, 0.2) is 30.5 Å². The number of aromatic nitrogens is 1. The van der Waals surface area contributed by atoms with Crippen LogP contribution in [0, 0.1) is 0 Å². The molecule has 2 aromatic rings. The van der Waals surface area contributed by atoms with Crippen molar-refractivity contribution in [3.05, 3.63) is 36.0 Å². The fourth-order valence-electron chi connectivity index (χ4n) is 2.01. The van der Waals surface area contributed by atoms with E-state index >= 15 is 0 Å². The van der Waals surface area contributed by atoms with E-state index in [9.17, 15) is 14.4 Å². The van der Waals surface area contributed by atoms with Crippen molar-refractivity contribution in [3.63, 3.8) is 0 Å². The van der Waals surface area contributed by atoms with Gasteiger partial charge in [0.25, 0.3) is 11.8 Å². The van der Waals surface area contributed by atoms with Gasteiger partial charge < -0.3 is 9.88 Å². The molecule has 1 aromatic heterocycles. The Balaban J connectivity index is 2.00. The van der Waals surface area contributed by atoms with Crippen LogP contribution in [0.25, 0.3) is 10.9 Å². The van der Waals surface area contributed by atoms with Crippen molar-refractivity contribution >= 4 is 28.6 Å². The molecule has 22 heavy (non-hydrogen) atoms. The first-order valence-electron chi connectivity index (χ1n) is 6.92. The van der Waals surface area contributed by atoms with Gasteiger partial charge in [-0.2, -0.15) is 0 Å². The number of H-pyrrole nitrogens is 1. The molecule has 0 bridgehead atoms. The zero-order valence-corrected chi connectivity index (χ0v) is 12.5. The molecule has 0 fully saturated rings. The Labute approximate surface area is 127 Å². The van der Waals surface area contributed by atoms with E-state index in [1.807, 2.05) is 24.3 Å². The molecule has 1 heterocycles. The summed E-state index contributed by atoms with van der Waals surface area (Å²) in [5.41, 5.74) is 5.88. The van der Waals surface area contributed by atoms with Gasteiger partial charge in [-0.3, -0.25) is 25.2 Å². The van der Waals surface area contributed by atoms with Gasteiger partial charge in [0.05, 0.1) is 5.56 Å². The lowest BCUT2D eigenvalue weighted by atomic mass is 10.1. The summed E-state index contributed by atoms with van der Waals surface area (Å²) >= 11 is 0. The van der Waals surface area contributed by atoms with E-state index in [4.69, 9.17) is 0 Å². The number of fused-ring (bicyclic) bond motifs is 1. The molecule has 3 amide bonds. The average molecular weight is 302 g/mol. The van der Waals surface area contributed by atoms with E-state index in [0.717, 1.165) is 10.9 Å². The van der Waals surface area contributed by atoms with Crippen molar-refractivity contribution in [2.45, 2.75) is 13.3 Å². The Bertz CT molecular complexity index is 708. The van der Waals surface area contributed by atoms with Crippen LogP contribution in [-0.2, 0) is 9.59 Å². The number of hydrogen-bond donors (Lipinski definition) is 3. The number of aromatic amines is 1. The molecule has 7 nitrogen and oxygen atoms in total. The van der Waals surface area contributed by atoms with Gasteiger partial charge in [-0.05, 0) is 6.07 Å². The Morgan fingerprint density at radius 3 is 2.55 bits per heavy atom. The fourth-order valence-corrected chi connectivity index (χ4v) is 2.01. The summed E-state index contributed by atoms with van der Waals surface area (Å²) in [4.78, 5) is 39.4. The van der Waals surface area contributed by atoms with Gasteiger partial charge in [0.15, 0.2) is 0 Å². The minimum atomic E-state index is -0.461. The molecule has 0 saturated heterocycles. The largest absolute Gasteiger partial charge is 0.360 e. The summed E-state index contributed by atoms with van der Waals surface area (Å²) in [6.45, 7) is 1.52. The van der Waals surface area contributed by atoms with E-state index in [2.05, 4.69) is 15.8 Å². The van der Waals surface area contributed by atoms with E-state index in [1.54, 1.807) is 13.1 Å². The molecule has 0 saturated carbocycles. The first-order chi connectivity index (χ1) is 10.5. The molecule has 0 atom stereocenters. The van der Waals surface area contributed by atoms with Crippen molar-refractivity contribution in [1.29, 1.82) is 0 Å². The van der Waals surface area contributed by atoms with E-state index in [-0.39, 0.29) is 24.8 Å². The number of carbonyl (C=O) groups excluding carboxylic acids is 3. The molecule has 2 rings (SSSR count). The van der Waals surface area contributed by atoms with Gasteiger partial charge in [-0.25, -0.2) is 0 Å². The first-order valence-corrected chi connectivity index (χ1v) is 6.92. The minimum absolute atomic E-state index is 0.150. The zero-order chi connectivity index (χ0) is 16.1. The zero-order valence-electron chi connectivity index (χ0n) is 12.5. The van der Waals surface area contributed by atoms with E-state index in [0.29, 0.717) is 5.56 Å². The number of amides is 3. The van der Waals surface area contributed by atoms with E-state index < -0.39 is 5.91 Å². The lowest BCUT2D eigenvalue weighted by Gasteiger charge is -2.16. The molecule has 0 aliphatic heterocycles. The third-order valence-electron chi connectivity index (χ3n) is 3.21. The third-order valence-corrected chi connectivity index (χ3v) is 3.21. The summed E-state index contributed by atoms with van der Waals surface area (Å²) in [7, 11) is 1.53. The van der Waals surface area contributed by atoms with Gasteiger partial charge in [0.1, 0.15) is 6.54 Å². The number of carbonyl (C=O) groups is 3. The van der Waals surface area contributed by atoms with Gasteiger partial charge >= 0.3 is 0 Å². The Hall–Kier alpha value is -2.83. The maximum absolute atomic E-state index is 12.4. The summed E-state index contributed by atoms with van der Waals surface area (Å²) in [6.07, 6.45) is 1.89. The predicted molar refractivity (Wildman–Crippen MR) is 81.8 cm³/mol. The highest BCUT2D eigenvalue weighted by atomic mass is 16.2. The number of likely N-dealkylation sites (N-methyl/N-ethyl adjacent to an activating group) is 1. The van der Waals surface area contributed by atoms with Crippen LogP contribution in [0.1, 0.15) is 23.7 Å². The number of nitrogens with one attached hydrogen (secondary N) is 3. The Morgan fingerprint density at radius 2 is 1.82 bits per heavy atom. The molecule has 7 heteroatoms. The lowest BCUT2D eigenvalue weighted by Crippen LogP contribution is -2.46. The second kappa shape index (κ2) is 6.75. The highest BCUT2D eigenvalue weighted by Crippen LogP contribution is 2.18. The molecule has 116 valence electrons. The monoisotopic (exact) mass is 302 g/mol. The number of para-hydroxylation sites is 1. The van der Waals surface area contributed by atoms with Gasteiger partial charge in [0, 0.05) is 30.6 Å². The molecule has 0 aliphatic rings. The predicted octanol–water partition coefficient (Wildman–Crippen LogP) is 0.797. The fraction of sp³-hybridized carbons (Fsp3) is 0.267. The minimum Gasteiger partial charge on any atom is -0.360 e. The van der Waals surface area contributed by atoms with Gasteiger partial charge in [-0.1, -0.05) is 25.1 Å². The lowest BCUT2D eigenvalue weighted by molar-refractivity contribution is -0.128. The number of hydrazine groups is 1. The maximum atomic E-state index is 12.4. The van der Waals surface area contributed by atoms with Crippen LogP contribution in [-0.4, -0.2) is 41.2 Å². The van der Waals surface area contributed by atoms with Crippen LogP contribution in [0.5, 0.6) is 0 Å². The van der Waals surface area contributed by atoms with Gasteiger partial charge in [0.2, 0.25) is 5.91 Å². The third kappa shape index (κ3) is 3.43. The Morgan fingerprint density at radius 1 is 1.14 bits per heavy atom. The quantitative estimate of drug-likeness (QED) is 0.729. The molecular formula is C15H18N4O3. The van der Waals surface area contributed by atoms with Crippen LogP contribution in [0.3, 0.4) is 0 Å². The number of rotatable bonds is 4. The number of hydrogen-bond acceptors (Lipinski definition) is 3. The summed E-state index contributed by atoms with van der Waals surface area (Å²) in [6, 6.07) is 7.44. The molecule has 0 spiro atoms. The highest BCUT2D eigenvalue weighted by molar-refractivity contribution is 6.07. The topological polar surface area (TPSA) is 94.3 Å². The summed E-state index contributed by atoms with van der Waals surface area (Å²) < 4.78 is 0. The maximum Gasteiger partial charge on any atom is 0.257 e. The van der Waals surface area contributed by atoms with Crippen molar-refractivity contribution in [1.82, 2.24) is 20.7 Å². The van der Waals surface area contributed by atoms with Crippen LogP contribution >= 0.6 is 0 Å².